The first-order chi connectivity index (χ1) is 11.7. The van der Waals surface area contributed by atoms with Crippen molar-refractivity contribution in [2.75, 3.05) is 26.2 Å². The first kappa shape index (κ1) is 19.8. The predicted molar refractivity (Wildman–Crippen MR) is 106 cm³/mol. The normalized spacial score (nSPS) is 15.6. The molecule has 0 unspecified atom stereocenters. The molecule has 1 heterocycles. The first-order valence-electron chi connectivity index (χ1n) is 8.24. The van der Waals surface area contributed by atoms with Crippen molar-refractivity contribution < 1.29 is 9.53 Å². The van der Waals surface area contributed by atoms with Gasteiger partial charge in [-0.3, -0.25) is 4.90 Å². The molecule has 0 radical (unpaired) electrons. The van der Waals surface area contributed by atoms with Crippen LogP contribution in [0.3, 0.4) is 0 Å². The molecule has 0 atom stereocenters. The molecule has 1 aliphatic rings. The minimum absolute atomic E-state index is 0.248. The maximum Gasteiger partial charge on any atom is 0.410 e. The fourth-order valence-corrected chi connectivity index (χ4v) is 3.31. The summed E-state index contributed by atoms with van der Waals surface area (Å²) >= 11 is 2.26. The van der Waals surface area contributed by atoms with Crippen LogP contribution in [0.1, 0.15) is 31.9 Å². The third-order valence-corrected chi connectivity index (χ3v) is 5.08. The molecule has 1 fully saturated rings. The monoisotopic (exact) mass is 457 g/mol. The van der Waals surface area contributed by atoms with Crippen molar-refractivity contribution in [3.8, 4) is 0 Å². The number of azide groups is 1. The van der Waals surface area contributed by atoms with Crippen LogP contribution in [0, 0.1) is 10.5 Å². The Balaban J connectivity index is 1.96. The Morgan fingerprint density at radius 1 is 1.32 bits per heavy atom. The molecule has 0 spiro atoms. The molecular formula is C17H24IN5O2. The molecule has 136 valence electrons. The van der Waals surface area contributed by atoms with Crippen molar-refractivity contribution in [1.82, 2.24) is 9.80 Å². The molecule has 1 amide bonds. The van der Waals surface area contributed by atoms with Crippen molar-refractivity contribution in [2.45, 2.75) is 39.8 Å². The largest absolute Gasteiger partial charge is 0.444 e. The summed E-state index contributed by atoms with van der Waals surface area (Å²) in [6.07, 6.45) is -0.248. The number of carbonyl (C=O) groups is 1. The lowest BCUT2D eigenvalue weighted by molar-refractivity contribution is 0.0139. The van der Waals surface area contributed by atoms with Crippen LogP contribution in [0.15, 0.2) is 17.2 Å². The highest BCUT2D eigenvalue weighted by Crippen LogP contribution is 2.27. The maximum atomic E-state index is 12.1. The molecule has 0 saturated carbocycles. The van der Waals surface area contributed by atoms with Crippen molar-refractivity contribution in [1.29, 1.82) is 0 Å². The number of amides is 1. The minimum Gasteiger partial charge on any atom is -0.444 e. The zero-order chi connectivity index (χ0) is 18.6. The fraction of sp³-hybridized carbons (Fsp3) is 0.588. The average Bonchev–Trinajstić information content (AvgIpc) is 2.51. The fourth-order valence-electron chi connectivity index (χ4n) is 2.64. The number of carbonyl (C=O) groups excluding carboxylic acids is 1. The van der Waals surface area contributed by atoms with Crippen molar-refractivity contribution in [2.24, 2.45) is 5.11 Å². The van der Waals surface area contributed by atoms with Crippen molar-refractivity contribution in [3.05, 3.63) is 37.3 Å². The topological polar surface area (TPSA) is 81.5 Å². The lowest BCUT2D eigenvalue weighted by Crippen LogP contribution is -2.49. The second kappa shape index (κ2) is 8.25. The van der Waals surface area contributed by atoms with Crippen molar-refractivity contribution >= 4 is 34.4 Å². The van der Waals surface area contributed by atoms with Gasteiger partial charge < -0.3 is 9.64 Å². The van der Waals surface area contributed by atoms with E-state index in [0.29, 0.717) is 18.8 Å². The van der Waals surface area contributed by atoms with Gasteiger partial charge in [0.25, 0.3) is 0 Å². The summed E-state index contributed by atoms with van der Waals surface area (Å²) in [5, 5.41) is 3.78. The third kappa shape index (κ3) is 5.76. The van der Waals surface area contributed by atoms with E-state index in [2.05, 4.69) is 43.6 Å². The zero-order valence-corrected chi connectivity index (χ0v) is 17.3. The average molecular weight is 457 g/mol. The Bertz CT molecular complexity index is 687. The van der Waals surface area contributed by atoms with Crippen LogP contribution in [0.25, 0.3) is 10.4 Å². The van der Waals surface area contributed by atoms with Gasteiger partial charge in [-0.2, -0.15) is 0 Å². The molecular weight excluding hydrogens is 433 g/mol. The highest BCUT2D eigenvalue weighted by Gasteiger charge is 2.25. The second-order valence-electron chi connectivity index (χ2n) is 7.15. The summed E-state index contributed by atoms with van der Waals surface area (Å²) in [6.45, 7) is 11.2. The van der Waals surface area contributed by atoms with Gasteiger partial charge in [-0.1, -0.05) is 5.11 Å². The van der Waals surface area contributed by atoms with E-state index in [1.165, 1.54) is 0 Å². The lowest BCUT2D eigenvalue weighted by atomic mass is 10.1. The summed E-state index contributed by atoms with van der Waals surface area (Å²) in [6, 6.07) is 4.06. The molecule has 7 nitrogen and oxygen atoms in total. The molecule has 1 aromatic carbocycles. The lowest BCUT2D eigenvalue weighted by Gasteiger charge is -2.35. The molecule has 1 saturated heterocycles. The summed E-state index contributed by atoms with van der Waals surface area (Å²) in [4.78, 5) is 19.1. The van der Waals surface area contributed by atoms with E-state index in [9.17, 15) is 4.79 Å². The van der Waals surface area contributed by atoms with E-state index >= 15 is 0 Å². The summed E-state index contributed by atoms with van der Waals surface area (Å²) in [5.74, 6) is 0. The minimum atomic E-state index is -0.468. The van der Waals surface area contributed by atoms with Gasteiger partial charge in [-0.25, -0.2) is 4.79 Å². The molecule has 25 heavy (non-hydrogen) atoms. The molecule has 0 bridgehead atoms. The quantitative estimate of drug-likeness (QED) is 0.288. The Morgan fingerprint density at radius 2 is 1.96 bits per heavy atom. The van der Waals surface area contributed by atoms with Crippen molar-refractivity contribution in [3.63, 3.8) is 0 Å². The molecule has 1 aliphatic heterocycles. The van der Waals surface area contributed by atoms with Gasteiger partial charge in [0.15, 0.2) is 0 Å². The zero-order valence-electron chi connectivity index (χ0n) is 15.1. The maximum absolute atomic E-state index is 12.1. The molecule has 0 N–H and O–H groups in total. The Kier molecular flexibility index (Phi) is 6.53. The van der Waals surface area contributed by atoms with Crippen LogP contribution in [-0.2, 0) is 11.3 Å². The Morgan fingerprint density at radius 3 is 2.52 bits per heavy atom. The van der Waals surface area contributed by atoms with Gasteiger partial charge >= 0.3 is 6.09 Å². The highest BCUT2D eigenvalue weighted by atomic mass is 127. The van der Waals surface area contributed by atoms with Crippen LogP contribution in [0.4, 0.5) is 10.5 Å². The standard InChI is InChI=1S/C17H24IN5O2/c1-12-14(18)9-13(10-15(12)20-21-19)11-22-5-7-23(8-6-22)16(24)25-17(2,3)4/h9-10H,5-8,11H2,1-4H3. The van der Waals surface area contributed by atoms with Crippen LogP contribution in [0.5, 0.6) is 0 Å². The number of ether oxygens (including phenoxy) is 1. The predicted octanol–water partition coefficient (Wildman–Crippen LogP) is 4.59. The van der Waals surface area contributed by atoms with Gasteiger partial charge in [0.05, 0.1) is 0 Å². The number of halogens is 1. The summed E-state index contributed by atoms with van der Waals surface area (Å²) in [7, 11) is 0. The van der Waals surface area contributed by atoms with Gasteiger partial charge in [0.2, 0.25) is 0 Å². The van der Waals surface area contributed by atoms with E-state index in [1.807, 2.05) is 33.8 Å². The van der Waals surface area contributed by atoms with Gasteiger partial charge in [0, 0.05) is 46.9 Å². The molecule has 8 heteroatoms. The number of piperazine rings is 1. The molecule has 0 aromatic heterocycles. The highest BCUT2D eigenvalue weighted by molar-refractivity contribution is 14.1. The van der Waals surface area contributed by atoms with Gasteiger partial charge in [-0.15, -0.1) is 0 Å². The van der Waals surface area contributed by atoms with E-state index < -0.39 is 5.60 Å². The number of rotatable bonds is 3. The van der Waals surface area contributed by atoms with Gasteiger partial charge in [0.1, 0.15) is 5.60 Å². The second-order valence-corrected chi connectivity index (χ2v) is 8.32. The van der Waals surface area contributed by atoms with E-state index in [4.69, 9.17) is 10.3 Å². The van der Waals surface area contributed by atoms with E-state index in [-0.39, 0.29) is 6.09 Å². The summed E-state index contributed by atoms with van der Waals surface area (Å²) < 4.78 is 6.51. The van der Waals surface area contributed by atoms with Crippen LogP contribution in [0.2, 0.25) is 0 Å². The molecule has 1 aromatic rings. The smallest absolute Gasteiger partial charge is 0.410 e. The molecule has 2 rings (SSSR count). The Hall–Kier alpha value is -1.51. The summed E-state index contributed by atoms with van der Waals surface area (Å²) in [5.41, 5.74) is 11.0. The van der Waals surface area contributed by atoms with Crippen LogP contribution < -0.4 is 0 Å². The number of hydrogen-bond donors (Lipinski definition) is 0. The number of benzene rings is 1. The van der Waals surface area contributed by atoms with Crippen LogP contribution >= 0.6 is 22.6 Å². The molecule has 0 aliphatic carbocycles. The van der Waals surface area contributed by atoms with E-state index in [1.54, 1.807) is 4.90 Å². The van der Waals surface area contributed by atoms with Gasteiger partial charge in [-0.05, 0) is 79.1 Å². The third-order valence-electron chi connectivity index (χ3n) is 3.96. The van der Waals surface area contributed by atoms with E-state index in [0.717, 1.165) is 34.3 Å². The first-order valence-corrected chi connectivity index (χ1v) is 9.32. The Labute approximate surface area is 162 Å². The van der Waals surface area contributed by atoms with Crippen LogP contribution in [-0.4, -0.2) is 47.7 Å². The number of hydrogen-bond acceptors (Lipinski definition) is 4. The number of nitrogens with zero attached hydrogens (tertiary/aromatic N) is 5. The SMILES string of the molecule is Cc1c(I)cc(CN2CCN(C(=O)OC(C)(C)C)CC2)cc1N=[N+]=[N-].